The maximum atomic E-state index is 14.0. The van der Waals surface area contributed by atoms with E-state index in [1.807, 2.05) is 78.5 Å². The Kier molecular flexibility index (Phi) is 16.3. The van der Waals surface area contributed by atoms with Crippen LogP contribution in [0.4, 0.5) is 14.4 Å². The molecule has 0 radical (unpaired) electrons. The number of rotatable bonds is 15. The number of hydrogen-bond acceptors (Lipinski definition) is 12. The van der Waals surface area contributed by atoms with Crippen molar-refractivity contribution in [3.63, 3.8) is 0 Å². The quantitative estimate of drug-likeness (QED) is 0.0760. The first-order valence-electron chi connectivity index (χ1n) is 24.8. The highest BCUT2D eigenvalue weighted by Gasteiger charge is 2.43. The largest absolute Gasteiger partial charge is 0.467 e. The van der Waals surface area contributed by atoms with Gasteiger partial charge in [-0.2, -0.15) is 0 Å². The number of esters is 1. The van der Waals surface area contributed by atoms with Crippen molar-refractivity contribution >= 4 is 35.2 Å². The van der Waals surface area contributed by atoms with Gasteiger partial charge in [-0.25, -0.2) is 33.9 Å². The van der Waals surface area contributed by atoms with Gasteiger partial charge in [0.15, 0.2) is 0 Å². The predicted octanol–water partition coefficient (Wildman–Crippen LogP) is 10.9. The van der Waals surface area contributed by atoms with Crippen molar-refractivity contribution in [1.82, 2.24) is 39.9 Å². The Hall–Kier alpha value is -7.27. The fourth-order valence-electron chi connectivity index (χ4n) is 9.20. The summed E-state index contributed by atoms with van der Waals surface area (Å²) in [5.41, 5.74) is 6.40. The zero-order chi connectivity index (χ0) is 52.8. The van der Waals surface area contributed by atoms with Crippen molar-refractivity contribution in [2.75, 3.05) is 20.8 Å². The number of alkyl carbamates (subject to hydrolysis) is 1. The fourth-order valence-corrected chi connectivity index (χ4v) is 9.20. The Morgan fingerprint density at radius 2 is 1.52 bits per heavy atom. The molecule has 17 heteroatoms. The minimum atomic E-state index is -0.996. The lowest BCUT2D eigenvalue weighted by molar-refractivity contribution is -0.143. The van der Waals surface area contributed by atoms with Crippen molar-refractivity contribution in [2.45, 2.75) is 143 Å². The number of aryl methyl sites for hydroxylation is 1. The molecule has 388 valence electrons. The number of methoxy groups -OCH3 is 2. The van der Waals surface area contributed by atoms with Gasteiger partial charge in [0.25, 0.3) is 0 Å². The number of nitrogens with one attached hydrogen (secondary N) is 1. The highest BCUT2D eigenvalue weighted by Crippen LogP contribution is 2.42. The molecule has 7 rings (SSSR count). The van der Waals surface area contributed by atoms with Crippen LogP contribution in [0.1, 0.15) is 122 Å². The summed E-state index contributed by atoms with van der Waals surface area (Å²) >= 11 is 0. The van der Waals surface area contributed by atoms with Crippen molar-refractivity contribution in [2.24, 2.45) is 0 Å². The summed E-state index contributed by atoms with van der Waals surface area (Å²) in [5.74, 6) is -0.594. The van der Waals surface area contributed by atoms with Crippen LogP contribution in [0.2, 0.25) is 0 Å². The van der Waals surface area contributed by atoms with Crippen molar-refractivity contribution in [1.29, 1.82) is 0 Å². The van der Waals surface area contributed by atoms with E-state index in [4.69, 9.17) is 33.9 Å². The highest BCUT2D eigenvalue weighted by molar-refractivity contribution is 5.95. The standard InChI is InChI=1S/C56H70N8O9/c1-13-61-46-27-26-40(39-23-17-22-38(30-39)31-44(50(65)70-12)58-51(66)71-35-37-20-15-14-16-21-37)32-42(46)43(49(61)41-24-18-28-57-48(41)36(2)69-11)33-56(9,10)63-34-45(59-60-63)47-25-19-29-62(52(67)72-54(3,4)5)64(47)53(68)73-55(6,7)8/h14-18,20-24,26-28,30,32,34,36,44,47H,13,19,25,29,31,33,35H2,1-12H3,(H,58,66)/t36-,44-,47-/m0/s1. The fraction of sp³-hybridized carbons (Fsp3) is 0.446. The second-order valence-corrected chi connectivity index (χ2v) is 21.0. The van der Waals surface area contributed by atoms with E-state index in [-0.39, 0.29) is 25.7 Å². The maximum Gasteiger partial charge on any atom is 0.430 e. The second kappa shape index (κ2) is 22.2. The number of carbonyl (C=O) groups is 4. The molecule has 73 heavy (non-hydrogen) atoms. The van der Waals surface area contributed by atoms with E-state index < -0.39 is 53.1 Å². The average molecular weight is 999 g/mol. The SMILES string of the molecule is CCn1c(-c2cccnc2[C@H](C)OC)c(CC(C)(C)n2cc([C@@H]3CCCN(C(=O)OC(C)(C)C)N3C(=O)OC(C)(C)C)nn2)c2cc(-c3cccc(C[C@H](NC(=O)OCc4ccccc4)C(=O)OC)c3)ccc21. The smallest absolute Gasteiger partial charge is 0.430 e. The normalized spacial score (nSPS) is 15.2. The van der Waals surface area contributed by atoms with Crippen molar-refractivity contribution in [3.05, 3.63) is 125 Å². The number of hydrazine groups is 1. The van der Waals surface area contributed by atoms with Crippen LogP contribution in [0.15, 0.2) is 97.3 Å². The zero-order valence-corrected chi connectivity index (χ0v) is 44.2. The lowest BCUT2D eigenvalue weighted by Gasteiger charge is -2.43. The van der Waals surface area contributed by atoms with Crippen LogP contribution < -0.4 is 5.32 Å². The summed E-state index contributed by atoms with van der Waals surface area (Å²) in [6, 6.07) is 26.0. The molecule has 1 fully saturated rings. The van der Waals surface area contributed by atoms with Gasteiger partial charge in [0.2, 0.25) is 0 Å². The van der Waals surface area contributed by atoms with Crippen LogP contribution >= 0.6 is 0 Å². The molecule has 3 amide bonds. The number of amides is 3. The molecule has 1 aliphatic rings. The summed E-state index contributed by atoms with van der Waals surface area (Å²) in [5, 5.41) is 15.8. The van der Waals surface area contributed by atoms with Gasteiger partial charge in [0, 0.05) is 49.3 Å². The first-order valence-corrected chi connectivity index (χ1v) is 24.8. The average Bonchev–Trinajstić information content (AvgIpc) is 3.98. The molecule has 3 aromatic carbocycles. The highest BCUT2D eigenvalue weighted by atomic mass is 16.6. The van der Waals surface area contributed by atoms with E-state index in [9.17, 15) is 19.2 Å². The Morgan fingerprint density at radius 3 is 2.21 bits per heavy atom. The molecule has 1 aliphatic heterocycles. The van der Waals surface area contributed by atoms with Crippen LogP contribution in [-0.4, -0.2) is 96.8 Å². The van der Waals surface area contributed by atoms with E-state index in [0.717, 1.165) is 55.7 Å². The minimum absolute atomic E-state index is 0.0534. The third-order valence-corrected chi connectivity index (χ3v) is 12.7. The third kappa shape index (κ3) is 12.7. The zero-order valence-electron chi connectivity index (χ0n) is 44.2. The van der Waals surface area contributed by atoms with Gasteiger partial charge in [-0.1, -0.05) is 65.9 Å². The summed E-state index contributed by atoms with van der Waals surface area (Å²) < 4.78 is 32.2. The number of ether oxygens (including phenoxy) is 5. The summed E-state index contributed by atoms with van der Waals surface area (Å²) in [7, 11) is 2.97. The number of hydrogen-bond donors (Lipinski definition) is 1. The van der Waals surface area contributed by atoms with Gasteiger partial charge in [-0.3, -0.25) is 4.98 Å². The Morgan fingerprint density at radius 1 is 0.822 bits per heavy atom. The molecule has 17 nitrogen and oxygen atoms in total. The molecule has 6 aromatic rings. The second-order valence-electron chi connectivity index (χ2n) is 21.0. The number of fused-ring (bicyclic) bond motifs is 1. The molecule has 3 aromatic heterocycles. The lowest BCUT2D eigenvalue weighted by atomic mass is 9.89. The third-order valence-electron chi connectivity index (χ3n) is 12.7. The molecule has 1 saturated heterocycles. The van der Waals surface area contributed by atoms with Crippen molar-refractivity contribution in [3.8, 4) is 22.4 Å². The molecule has 0 bridgehead atoms. The van der Waals surface area contributed by atoms with E-state index in [2.05, 4.69) is 60.0 Å². The van der Waals surface area contributed by atoms with Crippen LogP contribution in [0.25, 0.3) is 33.3 Å². The van der Waals surface area contributed by atoms with E-state index in [1.54, 1.807) is 54.8 Å². The van der Waals surface area contributed by atoms with E-state index in [1.165, 1.54) is 17.1 Å². The maximum absolute atomic E-state index is 14.0. The molecule has 0 aliphatic carbocycles. The number of carbonyl (C=O) groups excluding carboxylic acids is 4. The van der Waals surface area contributed by atoms with Crippen LogP contribution in [-0.2, 0) is 60.0 Å². The van der Waals surface area contributed by atoms with E-state index in [0.29, 0.717) is 31.5 Å². The van der Waals surface area contributed by atoms with Gasteiger partial charge < -0.3 is 33.6 Å². The number of aromatic nitrogens is 5. The van der Waals surface area contributed by atoms with Gasteiger partial charge in [0.05, 0.1) is 36.3 Å². The first-order chi connectivity index (χ1) is 34.6. The Bertz CT molecular complexity index is 2920. The molecular weight excluding hydrogens is 929 g/mol. The van der Waals surface area contributed by atoms with Crippen LogP contribution in [0, 0.1) is 0 Å². The summed E-state index contributed by atoms with van der Waals surface area (Å²) in [6.45, 7) is 20.0. The first kappa shape index (κ1) is 53.5. The number of nitrogens with zero attached hydrogens (tertiary/aromatic N) is 7. The van der Waals surface area contributed by atoms with Crippen molar-refractivity contribution < 1.29 is 42.9 Å². The Balaban J connectivity index is 1.27. The molecule has 3 atom stereocenters. The topological polar surface area (TPSA) is 181 Å². The molecular formula is C56H70N8O9. The number of pyridine rings is 1. The van der Waals surface area contributed by atoms with Gasteiger partial charge >= 0.3 is 24.2 Å². The number of benzene rings is 3. The molecule has 0 spiro atoms. The molecule has 0 unspecified atom stereocenters. The lowest BCUT2D eigenvalue weighted by Crippen LogP contribution is -2.56. The van der Waals surface area contributed by atoms with Crippen LogP contribution in [0.5, 0.6) is 0 Å². The molecule has 4 heterocycles. The predicted molar refractivity (Wildman–Crippen MR) is 277 cm³/mol. The Labute approximate surface area is 428 Å². The summed E-state index contributed by atoms with van der Waals surface area (Å²) in [4.78, 5) is 58.5. The van der Waals surface area contributed by atoms with Crippen LogP contribution in [0.3, 0.4) is 0 Å². The monoisotopic (exact) mass is 999 g/mol. The van der Waals surface area contributed by atoms with Gasteiger partial charge in [0.1, 0.15) is 35.6 Å². The van der Waals surface area contributed by atoms with Gasteiger partial charge in [-0.15, -0.1) is 5.10 Å². The molecule has 0 saturated carbocycles. The minimum Gasteiger partial charge on any atom is -0.467 e. The summed E-state index contributed by atoms with van der Waals surface area (Å²) in [6.07, 6.45) is 3.00. The van der Waals surface area contributed by atoms with Gasteiger partial charge in [-0.05, 0) is 141 Å². The molecule has 1 N–H and O–H groups in total. The van der Waals surface area contributed by atoms with E-state index >= 15 is 0 Å².